The molecule has 2 aromatic carbocycles. The Bertz CT molecular complexity index is 831. The number of nitrogens with one attached hydrogen (secondary N) is 1. The highest BCUT2D eigenvalue weighted by atomic mass is 16.5. The van der Waals surface area contributed by atoms with E-state index in [2.05, 4.69) is 31.3 Å². The van der Waals surface area contributed by atoms with Gasteiger partial charge < -0.3 is 31.1 Å². The molecule has 0 aliphatic heterocycles. The summed E-state index contributed by atoms with van der Waals surface area (Å²) in [5.41, 5.74) is 12.6. The van der Waals surface area contributed by atoms with E-state index in [0.29, 0.717) is 12.1 Å². The van der Waals surface area contributed by atoms with Gasteiger partial charge in [0.1, 0.15) is 5.75 Å². The molecular weight excluding hydrogens is 416 g/mol. The molecule has 0 aliphatic carbocycles. The van der Waals surface area contributed by atoms with Gasteiger partial charge in [-0.15, -0.1) is 0 Å². The lowest BCUT2D eigenvalue weighted by atomic mass is 10.0. The topological polar surface area (TPSA) is 108 Å². The Morgan fingerprint density at radius 1 is 0.848 bits per heavy atom. The van der Waals surface area contributed by atoms with Gasteiger partial charge in [0.05, 0.1) is 13.2 Å². The fourth-order valence-electron chi connectivity index (χ4n) is 4.14. The lowest BCUT2D eigenvalue weighted by Crippen LogP contribution is -2.17. The number of rotatable bonds is 16. The molecule has 0 unspecified atom stereocenters. The van der Waals surface area contributed by atoms with E-state index in [9.17, 15) is 15.3 Å². The molecule has 184 valence electrons. The second kappa shape index (κ2) is 14.9. The fraction of sp³-hybridized carbons (Fsp3) is 0.556. The van der Waals surface area contributed by atoms with Crippen molar-refractivity contribution in [1.29, 1.82) is 0 Å². The minimum atomic E-state index is -0.239. The summed E-state index contributed by atoms with van der Waals surface area (Å²) in [6.07, 6.45) is 7.68. The van der Waals surface area contributed by atoms with Gasteiger partial charge in [-0.25, -0.2) is 0 Å². The molecule has 0 aliphatic rings. The number of aryl methyl sites for hydroxylation is 3. The number of aliphatic hydroxyl groups excluding tert-OH is 2. The van der Waals surface area contributed by atoms with Crippen molar-refractivity contribution in [2.24, 2.45) is 0 Å². The van der Waals surface area contributed by atoms with E-state index in [1.54, 1.807) is 6.07 Å². The van der Waals surface area contributed by atoms with E-state index >= 15 is 0 Å². The SMILES string of the molecule is Cc1cc(CCCCOCCCCCCNCc2c(CO)ccc(O)c2CO)cc(C)c1N. The summed E-state index contributed by atoms with van der Waals surface area (Å²) in [6.45, 7) is 6.81. The quantitative estimate of drug-likeness (QED) is 0.190. The van der Waals surface area contributed by atoms with Gasteiger partial charge in [0.2, 0.25) is 0 Å². The maximum absolute atomic E-state index is 9.90. The first-order chi connectivity index (χ1) is 16.0. The third-order valence-corrected chi connectivity index (χ3v) is 6.18. The minimum Gasteiger partial charge on any atom is -0.508 e. The summed E-state index contributed by atoms with van der Waals surface area (Å²) >= 11 is 0. The number of unbranched alkanes of at least 4 members (excludes halogenated alkanes) is 4. The van der Waals surface area contributed by atoms with Crippen LogP contribution in [-0.2, 0) is 30.9 Å². The smallest absolute Gasteiger partial charge is 0.121 e. The molecule has 6 nitrogen and oxygen atoms in total. The number of aromatic hydroxyl groups is 1. The molecule has 33 heavy (non-hydrogen) atoms. The number of aliphatic hydroxyl groups is 2. The van der Waals surface area contributed by atoms with Crippen LogP contribution in [0.2, 0.25) is 0 Å². The van der Waals surface area contributed by atoms with Crippen molar-refractivity contribution in [2.45, 2.75) is 78.6 Å². The van der Waals surface area contributed by atoms with Gasteiger partial charge >= 0.3 is 0 Å². The van der Waals surface area contributed by atoms with Crippen molar-refractivity contribution in [3.8, 4) is 5.75 Å². The molecule has 2 aromatic rings. The average molecular weight is 459 g/mol. The Balaban J connectivity index is 1.48. The normalized spacial score (nSPS) is 11.3. The van der Waals surface area contributed by atoms with Gasteiger partial charge in [-0.05, 0) is 86.4 Å². The number of nitrogens with two attached hydrogens (primary N) is 1. The fourth-order valence-corrected chi connectivity index (χ4v) is 4.14. The largest absolute Gasteiger partial charge is 0.508 e. The van der Waals surface area contributed by atoms with E-state index < -0.39 is 0 Å². The van der Waals surface area contributed by atoms with E-state index in [1.807, 2.05) is 0 Å². The molecule has 6 heteroatoms. The average Bonchev–Trinajstić information content (AvgIpc) is 2.80. The molecule has 0 saturated carbocycles. The van der Waals surface area contributed by atoms with Crippen LogP contribution in [0, 0.1) is 13.8 Å². The highest BCUT2D eigenvalue weighted by molar-refractivity contribution is 5.54. The summed E-state index contributed by atoms with van der Waals surface area (Å²) in [5, 5.41) is 32.3. The summed E-state index contributed by atoms with van der Waals surface area (Å²) in [6, 6.07) is 7.60. The highest BCUT2D eigenvalue weighted by Gasteiger charge is 2.11. The lowest BCUT2D eigenvalue weighted by Gasteiger charge is -2.14. The molecule has 0 heterocycles. The first-order valence-electron chi connectivity index (χ1n) is 12.2. The van der Waals surface area contributed by atoms with Gasteiger partial charge in [0.25, 0.3) is 0 Å². The first-order valence-corrected chi connectivity index (χ1v) is 12.2. The predicted octanol–water partition coefficient (Wildman–Crippen LogP) is 4.27. The van der Waals surface area contributed by atoms with Crippen LogP contribution >= 0.6 is 0 Å². The lowest BCUT2D eigenvalue weighted by molar-refractivity contribution is 0.126. The van der Waals surface area contributed by atoms with E-state index in [0.717, 1.165) is 81.5 Å². The summed E-state index contributed by atoms with van der Waals surface area (Å²) in [4.78, 5) is 0. The Morgan fingerprint density at radius 3 is 2.18 bits per heavy atom. The molecule has 0 bridgehead atoms. The molecule has 0 radical (unpaired) electrons. The Labute approximate surface area is 198 Å². The number of hydrogen-bond donors (Lipinski definition) is 5. The number of hydrogen-bond acceptors (Lipinski definition) is 6. The van der Waals surface area contributed by atoms with Crippen LogP contribution in [0.3, 0.4) is 0 Å². The van der Waals surface area contributed by atoms with Crippen molar-refractivity contribution in [1.82, 2.24) is 5.32 Å². The second-order valence-corrected chi connectivity index (χ2v) is 8.82. The zero-order valence-corrected chi connectivity index (χ0v) is 20.3. The number of phenols is 1. The van der Waals surface area contributed by atoms with Crippen molar-refractivity contribution in [3.63, 3.8) is 0 Å². The number of benzene rings is 2. The summed E-state index contributed by atoms with van der Waals surface area (Å²) in [5.74, 6) is 0.0712. The van der Waals surface area contributed by atoms with Gasteiger partial charge in [0, 0.05) is 31.0 Å². The van der Waals surface area contributed by atoms with Crippen LogP contribution in [0.4, 0.5) is 5.69 Å². The van der Waals surface area contributed by atoms with Gasteiger partial charge in [-0.1, -0.05) is 31.0 Å². The number of ether oxygens (including phenoxy) is 1. The zero-order valence-electron chi connectivity index (χ0n) is 20.3. The molecule has 0 aromatic heterocycles. The third kappa shape index (κ3) is 8.97. The highest BCUT2D eigenvalue weighted by Crippen LogP contribution is 2.25. The summed E-state index contributed by atoms with van der Waals surface area (Å²) in [7, 11) is 0. The molecule has 6 N–H and O–H groups in total. The van der Waals surface area contributed by atoms with Gasteiger partial charge in [-0.3, -0.25) is 0 Å². The van der Waals surface area contributed by atoms with Crippen LogP contribution in [0.15, 0.2) is 24.3 Å². The molecular formula is C27H42N2O4. The van der Waals surface area contributed by atoms with Crippen molar-refractivity contribution in [3.05, 3.63) is 57.6 Å². The Morgan fingerprint density at radius 2 is 1.52 bits per heavy atom. The molecule has 0 atom stereocenters. The monoisotopic (exact) mass is 458 g/mol. The third-order valence-electron chi connectivity index (χ3n) is 6.18. The van der Waals surface area contributed by atoms with E-state index in [4.69, 9.17) is 10.5 Å². The Kier molecular flexibility index (Phi) is 12.3. The van der Waals surface area contributed by atoms with Crippen LogP contribution in [0.1, 0.15) is 71.9 Å². The molecule has 0 amide bonds. The number of nitrogen functional groups attached to an aromatic ring is 1. The van der Waals surface area contributed by atoms with Crippen LogP contribution < -0.4 is 11.1 Å². The van der Waals surface area contributed by atoms with Gasteiger partial charge in [-0.2, -0.15) is 0 Å². The van der Waals surface area contributed by atoms with Crippen molar-refractivity contribution in [2.75, 3.05) is 25.5 Å². The first kappa shape index (κ1) is 27.1. The Hall–Kier alpha value is -2.12. The number of anilines is 1. The van der Waals surface area contributed by atoms with Crippen molar-refractivity contribution < 1.29 is 20.1 Å². The minimum absolute atomic E-state index is 0.0712. The molecule has 0 saturated heterocycles. The standard InChI is InChI=1S/C27H42N2O4/c1-20-15-22(16-21(2)27(20)28)9-5-8-14-33-13-7-4-3-6-12-29-17-24-23(18-30)10-11-26(32)25(24)19-31/h10-11,15-16,29-32H,3-9,12-14,17-19,28H2,1-2H3. The van der Waals surface area contributed by atoms with Crippen LogP contribution in [-0.4, -0.2) is 35.1 Å². The van der Waals surface area contributed by atoms with Gasteiger partial charge in [0.15, 0.2) is 0 Å². The maximum atomic E-state index is 9.90. The zero-order chi connectivity index (χ0) is 24.1. The molecule has 0 fully saturated rings. The molecule has 0 spiro atoms. The van der Waals surface area contributed by atoms with E-state index in [-0.39, 0.29) is 19.0 Å². The van der Waals surface area contributed by atoms with Crippen LogP contribution in [0.25, 0.3) is 0 Å². The van der Waals surface area contributed by atoms with Crippen LogP contribution in [0.5, 0.6) is 5.75 Å². The van der Waals surface area contributed by atoms with Crippen molar-refractivity contribution >= 4 is 5.69 Å². The van der Waals surface area contributed by atoms with E-state index in [1.165, 1.54) is 22.8 Å². The maximum Gasteiger partial charge on any atom is 0.121 e. The second-order valence-electron chi connectivity index (χ2n) is 8.82. The molecule has 2 rings (SSSR count). The summed E-state index contributed by atoms with van der Waals surface area (Å²) < 4.78 is 5.78. The predicted molar refractivity (Wildman–Crippen MR) is 134 cm³/mol.